The van der Waals surface area contributed by atoms with E-state index in [1.165, 1.54) is 28.7 Å². The summed E-state index contributed by atoms with van der Waals surface area (Å²) in [6, 6.07) is 16.9. The van der Waals surface area contributed by atoms with Crippen LogP contribution in [0.25, 0.3) is 0 Å². The molecule has 3 aromatic rings. The number of para-hydroxylation sites is 1. The van der Waals surface area contributed by atoms with Gasteiger partial charge in [0.25, 0.3) is 0 Å². The van der Waals surface area contributed by atoms with Gasteiger partial charge in [0, 0.05) is 12.3 Å². The van der Waals surface area contributed by atoms with Crippen LogP contribution in [0.4, 0.5) is 10.8 Å². The number of carbonyl (C=O) groups is 2. The quantitative estimate of drug-likeness (QED) is 0.511. The number of nitrogens with zero attached hydrogens (tertiary/aromatic N) is 2. The minimum atomic E-state index is -0.481. The molecule has 1 heterocycles. The molecule has 1 amide bonds. The molecule has 2 aromatic carbocycles. The Balaban J connectivity index is 1.54. The van der Waals surface area contributed by atoms with Gasteiger partial charge in [-0.2, -0.15) is 0 Å². The second-order valence-corrected chi connectivity index (χ2v) is 7.09. The van der Waals surface area contributed by atoms with Crippen LogP contribution in [0.1, 0.15) is 25.1 Å². The van der Waals surface area contributed by atoms with Gasteiger partial charge in [-0.3, -0.25) is 9.69 Å². The fourth-order valence-electron chi connectivity index (χ4n) is 2.63. The molecule has 0 aliphatic heterocycles. The average molecular weight is 410 g/mol. The van der Waals surface area contributed by atoms with Crippen molar-refractivity contribution in [3.05, 3.63) is 71.2 Å². The number of thiazole rings is 1. The summed E-state index contributed by atoms with van der Waals surface area (Å²) in [5.41, 5.74) is 2.52. The third-order valence-corrected chi connectivity index (χ3v) is 5.00. The van der Waals surface area contributed by atoms with Crippen molar-refractivity contribution in [2.45, 2.75) is 26.9 Å². The first-order valence-electron chi connectivity index (χ1n) is 9.24. The van der Waals surface area contributed by atoms with Gasteiger partial charge >= 0.3 is 5.97 Å². The normalized spacial score (nSPS) is 10.4. The van der Waals surface area contributed by atoms with Crippen molar-refractivity contribution in [3.63, 3.8) is 0 Å². The van der Waals surface area contributed by atoms with Gasteiger partial charge in [-0.05, 0) is 36.2 Å². The molecule has 0 saturated heterocycles. The van der Waals surface area contributed by atoms with Crippen molar-refractivity contribution in [1.29, 1.82) is 0 Å². The zero-order valence-electron chi connectivity index (χ0n) is 16.3. The number of amides is 1. The summed E-state index contributed by atoms with van der Waals surface area (Å²) in [7, 11) is 0. The van der Waals surface area contributed by atoms with Crippen molar-refractivity contribution in [1.82, 2.24) is 4.98 Å². The summed E-state index contributed by atoms with van der Waals surface area (Å²) >= 11 is 1.32. The van der Waals surface area contributed by atoms with E-state index in [9.17, 15) is 9.59 Å². The summed E-state index contributed by atoms with van der Waals surface area (Å²) < 4.78 is 10.7. The molecule has 3 rings (SSSR count). The van der Waals surface area contributed by atoms with Gasteiger partial charge in [-0.25, -0.2) is 9.78 Å². The van der Waals surface area contributed by atoms with E-state index in [1.54, 1.807) is 5.38 Å². The molecular weight excluding hydrogens is 388 g/mol. The molecule has 1 aromatic heterocycles. The number of carbonyl (C=O) groups excluding carboxylic acids is 2. The van der Waals surface area contributed by atoms with Crippen LogP contribution in [0.2, 0.25) is 0 Å². The first-order valence-corrected chi connectivity index (χ1v) is 10.1. The Morgan fingerprint density at radius 3 is 2.45 bits per heavy atom. The summed E-state index contributed by atoms with van der Waals surface area (Å²) in [4.78, 5) is 30.0. The van der Waals surface area contributed by atoms with E-state index in [0.717, 1.165) is 12.1 Å². The molecule has 0 bridgehead atoms. The Kier molecular flexibility index (Phi) is 6.97. The van der Waals surface area contributed by atoms with E-state index in [2.05, 4.69) is 11.9 Å². The minimum absolute atomic E-state index is 0.0218. The number of rotatable bonds is 8. The molecule has 0 fully saturated rings. The van der Waals surface area contributed by atoms with Crippen LogP contribution in [0.5, 0.6) is 5.75 Å². The predicted octanol–water partition coefficient (Wildman–Crippen LogP) is 4.51. The Labute approximate surface area is 173 Å². The number of aryl methyl sites for hydroxylation is 1. The van der Waals surface area contributed by atoms with Gasteiger partial charge in [0.05, 0.1) is 11.4 Å². The van der Waals surface area contributed by atoms with Crippen molar-refractivity contribution >= 4 is 34.0 Å². The lowest BCUT2D eigenvalue weighted by Gasteiger charge is -2.17. The van der Waals surface area contributed by atoms with Gasteiger partial charge in [0.1, 0.15) is 12.4 Å². The Bertz CT molecular complexity index is 954. The van der Waals surface area contributed by atoms with Gasteiger partial charge in [0.15, 0.2) is 11.7 Å². The van der Waals surface area contributed by atoms with Crippen molar-refractivity contribution in [2.24, 2.45) is 0 Å². The number of esters is 1. The fraction of sp³-hybridized carbons (Fsp3) is 0.227. The maximum absolute atomic E-state index is 12.1. The second kappa shape index (κ2) is 9.84. The number of ether oxygens (including phenoxy) is 2. The highest BCUT2D eigenvalue weighted by molar-refractivity contribution is 7.14. The van der Waals surface area contributed by atoms with Crippen molar-refractivity contribution in [2.75, 3.05) is 11.5 Å². The number of benzene rings is 2. The van der Waals surface area contributed by atoms with Gasteiger partial charge in [-0.15, -0.1) is 11.3 Å². The lowest BCUT2D eigenvalue weighted by Crippen LogP contribution is -2.22. The molecule has 0 spiro atoms. The van der Waals surface area contributed by atoms with Crippen LogP contribution >= 0.6 is 11.3 Å². The number of hydrogen-bond donors (Lipinski definition) is 0. The molecule has 0 saturated carbocycles. The molecule has 0 aliphatic rings. The molecular formula is C22H22N2O4S. The van der Waals surface area contributed by atoms with E-state index in [1.807, 2.05) is 54.6 Å². The fourth-order valence-corrected chi connectivity index (χ4v) is 3.50. The van der Waals surface area contributed by atoms with Crippen LogP contribution in [0.3, 0.4) is 0 Å². The molecule has 0 N–H and O–H groups in total. The average Bonchev–Trinajstić information content (AvgIpc) is 3.20. The van der Waals surface area contributed by atoms with Crippen LogP contribution in [-0.4, -0.2) is 23.5 Å². The van der Waals surface area contributed by atoms with Gasteiger partial charge in [-0.1, -0.05) is 37.3 Å². The second-order valence-electron chi connectivity index (χ2n) is 6.26. The molecule has 0 unspecified atom stereocenters. The Hall–Kier alpha value is -3.19. The van der Waals surface area contributed by atoms with Crippen molar-refractivity contribution in [3.8, 4) is 5.75 Å². The zero-order chi connectivity index (χ0) is 20.6. The summed E-state index contributed by atoms with van der Waals surface area (Å²) in [6.45, 7) is 3.41. The highest BCUT2D eigenvalue weighted by Crippen LogP contribution is 2.28. The monoisotopic (exact) mass is 410 g/mol. The molecule has 6 nitrogen and oxygen atoms in total. The summed E-state index contributed by atoms with van der Waals surface area (Å²) in [6.07, 6.45) is 0.948. The minimum Gasteiger partial charge on any atom is -0.482 e. The van der Waals surface area contributed by atoms with E-state index < -0.39 is 5.97 Å². The Morgan fingerprint density at radius 2 is 1.79 bits per heavy atom. The van der Waals surface area contributed by atoms with Gasteiger partial charge in [0.2, 0.25) is 5.91 Å². The third kappa shape index (κ3) is 5.65. The Morgan fingerprint density at radius 1 is 1.07 bits per heavy atom. The highest BCUT2D eigenvalue weighted by atomic mass is 32.1. The summed E-state index contributed by atoms with van der Waals surface area (Å²) in [5.74, 6) is -0.00255. The maximum atomic E-state index is 12.1. The smallest absolute Gasteiger partial charge is 0.344 e. The van der Waals surface area contributed by atoms with Crippen LogP contribution in [-0.2, 0) is 27.4 Å². The molecule has 0 aliphatic carbocycles. The van der Waals surface area contributed by atoms with Crippen LogP contribution in [0, 0.1) is 0 Å². The zero-order valence-corrected chi connectivity index (χ0v) is 17.1. The maximum Gasteiger partial charge on any atom is 0.344 e. The first kappa shape index (κ1) is 20.5. The molecule has 150 valence electrons. The predicted molar refractivity (Wildman–Crippen MR) is 112 cm³/mol. The van der Waals surface area contributed by atoms with E-state index >= 15 is 0 Å². The number of anilines is 2. The van der Waals surface area contributed by atoms with Crippen LogP contribution < -0.4 is 9.64 Å². The number of aromatic nitrogens is 1. The molecule has 29 heavy (non-hydrogen) atoms. The van der Waals surface area contributed by atoms with E-state index in [0.29, 0.717) is 16.6 Å². The van der Waals surface area contributed by atoms with E-state index in [4.69, 9.17) is 9.47 Å². The largest absolute Gasteiger partial charge is 0.482 e. The highest BCUT2D eigenvalue weighted by Gasteiger charge is 2.18. The third-order valence-electron chi connectivity index (χ3n) is 4.13. The lowest BCUT2D eigenvalue weighted by molar-refractivity contribution is -0.147. The van der Waals surface area contributed by atoms with Gasteiger partial charge < -0.3 is 9.47 Å². The number of hydrogen-bond acceptors (Lipinski definition) is 6. The van der Waals surface area contributed by atoms with Crippen LogP contribution in [0.15, 0.2) is 60.0 Å². The first-order chi connectivity index (χ1) is 14.1. The standard InChI is InChI=1S/C22H22N2O4S/c1-3-17-9-11-20(12-10-17)27-14-21(26)28-13-18-15-29-22(23-18)24(16(2)25)19-7-5-4-6-8-19/h4-12,15H,3,13-14H2,1-2H3. The van der Waals surface area contributed by atoms with E-state index in [-0.39, 0.29) is 19.1 Å². The summed E-state index contributed by atoms with van der Waals surface area (Å²) in [5, 5.41) is 2.30. The van der Waals surface area contributed by atoms with Crippen molar-refractivity contribution < 1.29 is 19.1 Å². The molecule has 0 atom stereocenters. The SMILES string of the molecule is CCc1ccc(OCC(=O)OCc2csc(N(C(C)=O)c3ccccc3)n2)cc1. The lowest BCUT2D eigenvalue weighted by atomic mass is 10.2. The topological polar surface area (TPSA) is 68.7 Å². The molecule has 7 heteroatoms. The molecule has 0 radical (unpaired) electrons.